The highest BCUT2D eigenvalue weighted by Crippen LogP contribution is 2.45. The predicted octanol–water partition coefficient (Wildman–Crippen LogP) is 5.68. The van der Waals surface area contributed by atoms with Gasteiger partial charge in [-0.15, -0.1) is 0 Å². The van der Waals surface area contributed by atoms with Gasteiger partial charge in [0.2, 0.25) is 0 Å². The molecule has 0 unspecified atom stereocenters. The van der Waals surface area contributed by atoms with Gasteiger partial charge in [0, 0.05) is 28.6 Å². The summed E-state index contributed by atoms with van der Waals surface area (Å²) in [4.78, 5) is 16.7. The second-order valence-electron chi connectivity index (χ2n) is 7.78. The minimum atomic E-state index is -0.290. The van der Waals surface area contributed by atoms with E-state index in [1.54, 1.807) is 6.07 Å². The highest BCUT2D eigenvalue weighted by atomic mass is 35.5. The summed E-state index contributed by atoms with van der Waals surface area (Å²) in [5, 5.41) is 0.683. The Morgan fingerprint density at radius 2 is 1.97 bits per heavy atom. The molecule has 3 atom stereocenters. The number of carbonyl (C=O) groups excluding carboxylic acids is 1. The third-order valence-corrected chi connectivity index (χ3v) is 6.29. The molecule has 1 aliphatic carbocycles. The number of aromatic nitrogens is 1. The average molecular weight is 420 g/mol. The summed E-state index contributed by atoms with van der Waals surface area (Å²) >= 11 is 6.08. The number of fused-ring (bicyclic) bond motifs is 2. The molecule has 1 aliphatic heterocycles. The Kier molecular flexibility index (Phi) is 4.87. The molecule has 5 rings (SSSR count). The number of cyclic esters (lactones) is 1. The van der Waals surface area contributed by atoms with Crippen LogP contribution < -0.4 is 0 Å². The maximum absolute atomic E-state index is 14.4. The van der Waals surface area contributed by atoms with Crippen LogP contribution in [0.1, 0.15) is 22.7 Å². The van der Waals surface area contributed by atoms with Crippen LogP contribution in [0.5, 0.6) is 0 Å². The smallest absolute Gasteiger partial charge is 0.309 e. The summed E-state index contributed by atoms with van der Waals surface area (Å²) in [6.45, 7) is 0.371. The van der Waals surface area contributed by atoms with Crippen molar-refractivity contribution >= 4 is 23.6 Å². The number of esters is 1. The quantitative estimate of drug-likeness (QED) is 0.512. The van der Waals surface area contributed by atoms with Crippen molar-refractivity contribution in [2.24, 2.45) is 11.8 Å². The molecule has 0 amide bonds. The van der Waals surface area contributed by atoms with E-state index in [1.807, 2.05) is 60.8 Å². The molecular formula is C25H19ClFNO2. The molecule has 0 radical (unpaired) electrons. The Morgan fingerprint density at radius 3 is 2.77 bits per heavy atom. The fourth-order valence-corrected chi connectivity index (χ4v) is 4.70. The molecule has 2 aromatic carbocycles. The van der Waals surface area contributed by atoms with Crippen molar-refractivity contribution in [3.63, 3.8) is 0 Å². The Bertz CT molecular complexity index is 1140. The van der Waals surface area contributed by atoms with Crippen molar-refractivity contribution in [1.82, 2.24) is 4.98 Å². The van der Waals surface area contributed by atoms with Gasteiger partial charge in [0.15, 0.2) is 0 Å². The van der Waals surface area contributed by atoms with E-state index in [9.17, 15) is 9.18 Å². The third-order valence-electron chi connectivity index (χ3n) is 6.06. The van der Waals surface area contributed by atoms with Crippen LogP contribution in [0, 0.1) is 17.7 Å². The molecule has 3 aromatic rings. The number of rotatable bonds is 3. The first kappa shape index (κ1) is 19.0. The number of hydrogen-bond donors (Lipinski definition) is 0. The lowest BCUT2D eigenvalue weighted by Gasteiger charge is -2.31. The van der Waals surface area contributed by atoms with E-state index in [-0.39, 0.29) is 29.5 Å². The molecule has 2 heterocycles. The highest BCUT2D eigenvalue weighted by molar-refractivity contribution is 6.30. The SMILES string of the molecule is O=C1OC[C@H]2[C@@H]1Cc1c(F)cccc1[C@@H]2/C=C/c1ccc(-c2cccc(Cl)c2)cn1. The van der Waals surface area contributed by atoms with E-state index in [0.717, 1.165) is 22.4 Å². The summed E-state index contributed by atoms with van der Waals surface area (Å²) in [6.07, 6.45) is 6.18. The number of nitrogens with zero attached hydrogens (tertiary/aromatic N) is 1. The lowest BCUT2D eigenvalue weighted by atomic mass is 9.70. The minimum absolute atomic E-state index is 0.0220. The monoisotopic (exact) mass is 419 g/mol. The molecular weight excluding hydrogens is 401 g/mol. The van der Waals surface area contributed by atoms with Gasteiger partial charge in [-0.05, 0) is 53.5 Å². The largest absolute Gasteiger partial charge is 0.465 e. The Labute approximate surface area is 179 Å². The summed E-state index contributed by atoms with van der Waals surface area (Å²) in [6, 6.07) is 16.7. The predicted molar refractivity (Wildman–Crippen MR) is 115 cm³/mol. The number of carbonyl (C=O) groups is 1. The van der Waals surface area contributed by atoms with Gasteiger partial charge in [0.1, 0.15) is 5.82 Å². The lowest BCUT2D eigenvalue weighted by molar-refractivity contribution is -0.141. The average Bonchev–Trinajstić information content (AvgIpc) is 3.13. The maximum Gasteiger partial charge on any atom is 0.309 e. The summed E-state index contributed by atoms with van der Waals surface area (Å²) in [5.41, 5.74) is 4.34. The van der Waals surface area contributed by atoms with Gasteiger partial charge in [-0.25, -0.2) is 4.39 Å². The normalized spacial score (nSPS) is 22.6. The van der Waals surface area contributed by atoms with Gasteiger partial charge >= 0.3 is 5.97 Å². The zero-order valence-electron chi connectivity index (χ0n) is 16.1. The molecule has 30 heavy (non-hydrogen) atoms. The second-order valence-corrected chi connectivity index (χ2v) is 8.22. The molecule has 0 spiro atoms. The number of pyridine rings is 1. The third kappa shape index (κ3) is 3.41. The molecule has 2 aliphatic rings. The van der Waals surface area contributed by atoms with Crippen molar-refractivity contribution < 1.29 is 13.9 Å². The first-order chi connectivity index (χ1) is 14.6. The second kappa shape index (κ2) is 7.69. The highest BCUT2D eigenvalue weighted by Gasteiger charge is 2.45. The number of hydrogen-bond acceptors (Lipinski definition) is 3. The molecule has 5 heteroatoms. The van der Waals surface area contributed by atoms with Crippen molar-refractivity contribution in [2.75, 3.05) is 6.61 Å². The molecule has 1 fully saturated rings. The van der Waals surface area contributed by atoms with E-state index in [0.29, 0.717) is 23.6 Å². The maximum atomic E-state index is 14.4. The summed E-state index contributed by atoms with van der Waals surface area (Å²) in [7, 11) is 0. The fraction of sp³-hybridized carbons (Fsp3) is 0.200. The van der Waals surface area contributed by atoms with Crippen LogP contribution >= 0.6 is 11.6 Å². The van der Waals surface area contributed by atoms with E-state index in [2.05, 4.69) is 4.98 Å². The van der Waals surface area contributed by atoms with Gasteiger partial charge in [0.05, 0.1) is 18.2 Å². The van der Waals surface area contributed by atoms with E-state index in [1.165, 1.54) is 6.07 Å². The number of ether oxygens (including phenoxy) is 1. The van der Waals surface area contributed by atoms with Crippen molar-refractivity contribution in [3.8, 4) is 11.1 Å². The van der Waals surface area contributed by atoms with Crippen LogP contribution in [0.2, 0.25) is 5.02 Å². The molecule has 3 nitrogen and oxygen atoms in total. The van der Waals surface area contributed by atoms with Crippen LogP contribution in [0.3, 0.4) is 0 Å². The Morgan fingerprint density at radius 1 is 1.10 bits per heavy atom. The molecule has 0 saturated carbocycles. The minimum Gasteiger partial charge on any atom is -0.465 e. The van der Waals surface area contributed by atoms with Gasteiger partial charge in [-0.3, -0.25) is 9.78 Å². The molecule has 150 valence electrons. The fourth-order valence-electron chi connectivity index (χ4n) is 4.51. The van der Waals surface area contributed by atoms with Gasteiger partial charge in [0.25, 0.3) is 0 Å². The summed E-state index contributed by atoms with van der Waals surface area (Å²) < 4.78 is 19.7. The number of benzene rings is 2. The summed E-state index contributed by atoms with van der Waals surface area (Å²) in [5.74, 6) is -0.837. The van der Waals surface area contributed by atoms with Gasteiger partial charge in [-0.2, -0.15) is 0 Å². The first-order valence-corrected chi connectivity index (χ1v) is 10.3. The molecule has 1 saturated heterocycles. The standard InChI is InChI=1S/C25H19ClFNO2/c26-17-4-1-3-15(11-17)16-7-8-18(28-13-16)9-10-20-19-5-2-6-24(27)21(19)12-22-23(20)14-30-25(22)29/h1-11,13,20,22-23H,12,14H2/b10-9+/t20-,22-,23+/m0/s1. The van der Waals surface area contributed by atoms with Crippen molar-refractivity contribution in [3.05, 3.63) is 94.5 Å². The van der Waals surface area contributed by atoms with Crippen LogP contribution in [-0.4, -0.2) is 17.6 Å². The van der Waals surface area contributed by atoms with Crippen LogP contribution in [0.25, 0.3) is 17.2 Å². The molecule has 0 bridgehead atoms. The van der Waals surface area contributed by atoms with E-state index >= 15 is 0 Å². The molecule has 1 aromatic heterocycles. The van der Waals surface area contributed by atoms with Crippen molar-refractivity contribution in [1.29, 1.82) is 0 Å². The van der Waals surface area contributed by atoms with Crippen LogP contribution in [0.15, 0.2) is 66.9 Å². The zero-order valence-corrected chi connectivity index (χ0v) is 16.9. The topological polar surface area (TPSA) is 39.2 Å². The van der Waals surface area contributed by atoms with Gasteiger partial charge in [-0.1, -0.05) is 48.0 Å². The van der Waals surface area contributed by atoms with E-state index < -0.39 is 0 Å². The lowest BCUT2D eigenvalue weighted by Crippen LogP contribution is -2.30. The van der Waals surface area contributed by atoms with Crippen LogP contribution in [0.4, 0.5) is 4.39 Å². The van der Waals surface area contributed by atoms with Gasteiger partial charge < -0.3 is 4.74 Å². The van der Waals surface area contributed by atoms with E-state index in [4.69, 9.17) is 16.3 Å². The Balaban J connectivity index is 1.44. The first-order valence-electron chi connectivity index (χ1n) is 9.94. The van der Waals surface area contributed by atoms with Crippen molar-refractivity contribution in [2.45, 2.75) is 12.3 Å². The molecule has 0 N–H and O–H groups in total. The number of halogens is 2. The number of allylic oxidation sites excluding steroid dienone is 1. The van der Waals surface area contributed by atoms with Crippen LogP contribution in [-0.2, 0) is 16.0 Å². The zero-order chi connectivity index (χ0) is 20.7. The Hall–Kier alpha value is -2.98.